The highest BCUT2D eigenvalue weighted by Gasteiger charge is 2.38. The first-order valence-electron chi connectivity index (χ1n) is 17.0. The molecule has 4 aromatic heterocycles. The third kappa shape index (κ3) is 4.40. The van der Waals surface area contributed by atoms with Crippen LogP contribution in [0.15, 0.2) is 120 Å². The molecule has 228 valence electrons. The number of rotatable bonds is 3. The molecule has 5 heteroatoms. The molecule has 6 aliphatic rings. The molecule has 0 N–H and O–H groups in total. The molecule has 47 heavy (non-hydrogen) atoms. The lowest BCUT2D eigenvalue weighted by Crippen LogP contribution is -2.30. The van der Waals surface area contributed by atoms with Crippen LogP contribution in [0, 0.1) is 5.92 Å². The number of allylic oxidation sites excluding steroid dienone is 8. The topological polar surface area (TPSA) is 51.0 Å². The first-order valence-corrected chi connectivity index (χ1v) is 17.8. The molecule has 0 amide bonds. The van der Waals surface area contributed by atoms with Crippen LogP contribution < -0.4 is 0 Å². The molecule has 5 aliphatic carbocycles. The average molecular weight is 627 g/mol. The largest absolute Gasteiger partial charge is 0.276 e. The van der Waals surface area contributed by atoms with Crippen molar-refractivity contribution in [3.8, 4) is 11.4 Å². The van der Waals surface area contributed by atoms with E-state index in [0.717, 1.165) is 49.2 Å². The number of aliphatic imine (C=N–C) groups is 1. The molecule has 4 atom stereocenters. The van der Waals surface area contributed by atoms with Crippen molar-refractivity contribution in [2.24, 2.45) is 10.9 Å². The van der Waals surface area contributed by atoms with E-state index in [1.807, 2.05) is 35.9 Å². The molecule has 0 radical (unpaired) electrons. The quantitative estimate of drug-likeness (QED) is 0.228. The molecule has 0 bridgehead atoms. The van der Waals surface area contributed by atoms with Gasteiger partial charge in [0.25, 0.3) is 0 Å². The lowest BCUT2D eigenvalue weighted by Gasteiger charge is -2.36. The number of thiophene rings is 1. The van der Waals surface area contributed by atoms with Gasteiger partial charge in [-0.2, -0.15) is 0 Å². The third-order valence-electron chi connectivity index (χ3n) is 10.9. The van der Waals surface area contributed by atoms with Crippen molar-refractivity contribution in [3.05, 3.63) is 158 Å². The number of fused-ring (bicyclic) bond motifs is 9. The molecule has 0 aromatic carbocycles. The van der Waals surface area contributed by atoms with E-state index < -0.39 is 0 Å². The van der Waals surface area contributed by atoms with Gasteiger partial charge in [-0.3, -0.25) is 19.9 Å². The zero-order chi connectivity index (χ0) is 30.9. The van der Waals surface area contributed by atoms with Gasteiger partial charge in [-0.15, -0.1) is 11.3 Å². The Bertz CT molecular complexity index is 2170. The Morgan fingerprint density at radius 3 is 2.66 bits per heavy atom. The second-order valence-corrected chi connectivity index (χ2v) is 14.5. The van der Waals surface area contributed by atoms with Gasteiger partial charge in [0.2, 0.25) is 0 Å². The van der Waals surface area contributed by atoms with Crippen LogP contribution in [0.1, 0.15) is 74.4 Å². The van der Waals surface area contributed by atoms with Crippen LogP contribution >= 0.6 is 11.3 Å². The van der Waals surface area contributed by atoms with Crippen molar-refractivity contribution in [3.63, 3.8) is 0 Å². The molecule has 0 fully saturated rings. The average Bonchev–Trinajstić information content (AvgIpc) is 3.53. The second-order valence-electron chi connectivity index (χ2n) is 13.4. The second kappa shape index (κ2) is 10.9. The van der Waals surface area contributed by atoms with Crippen molar-refractivity contribution < 1.29 is 0 Å². The van der Waals surface area contributed by atoms with E-state index in [4.69, 9.17) is 15.0 Å². The van der Waals surface area contributed by atoms with Gasteiger partial charge >= 0.3 is 0 Å². The summed E-state index contributed by atoms with van der Waals surface area (Å²) in [4.78, 5) is 23.0. The summed E-state index contributed by atoms with van der Waals surface area (Å²) >= 11 is 2.02. The standard InChI is InChI=1S/C42H34N4S/c1-3-14-36-32(12-1)38-33(18-17-31-29-11-2-4-15-37(29)47-42(31)38)39(46-36)26-9-5-8-25(22-26)35-19-16-28(24-45-35)34-23-27-10-6-20-43-40(27)41-30(34)13-7-21-44-41/h1,3-7,9-10,12-16,19-22,24-25,32,34,36H,2,8,11,17-18,23H2. The zero-order valence-corrected chi connectivity index (χ0v) is 27.0. The van der Waals surface area contributed by atoms with Crippen LogP contribution in [0.3, 0.4) is 0 Å². The highest BCUT2D eigenvalue weighted by Crippen LogP contribution is 2.50. The summed E-state index contributed by atoms with van der Waals surface area (Å²) in [5.74, 6) is 0.762. The van der Waals surface area contributed by atoms with Crippen molar-refractivity contribution in [2.75, 3.05) is 0 Å². The zero-order valence-electron chi connectivity index (χ0n) is 26.1. The van der Waals surface area contributed by atoms with E-state index in [1.165, 1.54) is 55.3 Å². The number of nitrogens with zero attached hydrogens (tertiary/aromatic N) is 4. The SMILES string of the molecule is C1=CC2N=C(C3=CC(c4ccc(C5Cc6cccnc6-c6ncccc65)cn4)CC=C3)C3=C(c4sc5c(c4CC3)CCC=C5)C2C=C1. The van der Waals surface area contributed by atoms with Crippen molar-refractivity contribution >= 4 is 28.7 Å². The molecule has 1 aliphatic heterocycles. The first-order chi connectivity index (χ1) is 23.3. The summed E-state index contributed by atoms with van der Waals surface area (Å²) in [6, 6.07) is 13.1. The summed E-state index contributed by atoms with van der Waals surface area (Å²) in [7, 11) is 0. The molecular formula is C42H34N4S. The van der Waals surface area contributed by atoms with Gasteiger partial charge < -0.3 is 0 Å². The maximum Gasteiger partial charge on any atom is 0.0927 e. The first kappa shape index (κ1) is 27.4. The van der Waals surface area contributed by atoms with Crippen molar-refractivity contribution in [1.29, 1.82) is 0 Å². The fourth-order valence-corrected chi connectivity index (χ4v) is 10.1. The maximum absolute atomic E-state index is 5.47. The van der Waals surface area contributed by atoms with E-state index in [1.54, 1.807) is 11.1 Å². The van der Waals surface area contributed by atoms with E-state index in [-0.39, 0.29) is 17.9 Å². The van der Waals surface area contributed by atoms with E-state index in [0.29, 0.717) is 5.92 Å². The van der Waals surface area contributed by atoms with E-state index in [9.17, 15) is 0 Å². The van der Waals surface area contributed by atoms with Gasteiger partial charge in [-0.05, 0) is 107 Å². The highest BCUT2D eigenvalue weighted by molar-refractivity contribution is 7.14. The Hall–Kier alpha value is -4.74. The van der Waals surface area contributed by atoms with Gasteiger partial charge in [-0.1, -0.05) is 66.8 Å². The Balaban J connectivity index is 0.992. The number of dihydropyridines is 1. The lowest BCUT2D eigenvalue weighted by atomic mass is 9.73. The van der Waals surface area contributed by atoms with Gasteiger partial charge in [-0.25, -0.2) is 0 Å². The van der Waals surface area contributed by atoms with Crippen molar-refractivity contribution in [2.45, 2.75) is 56.4 Å². The number of aromatic nitrogens is 3. The maximum atomic E-state index is 5.47. The Kier molecular flexibility index (Phi) is 6.36. The van der Waals surface area contributed by atoms with Crippen LogP contribution in [-0.2, 0) is 19.3 Å². The predicted octanol–water partition coefficient (Wildman–Crippen LogP) is 9.18. The number of hydrogen-bond acceptors (Lipinski definition) is 5. The monoisotopic (exact) mass is 626 g/mol. The molecular weight excluding hydrogens is 593 g/mol. The Morgan fingerprint density at radius 2 is 1.72 bits per heavy atom. The highest BCUT2D eigenvalue weighted by atomic mass is 32.1. The van der Waals surface area contributed by atoms with Crippen LogP contribution in [0.25, 0.3) is 23.0 Å². The molecule has 4 nitrogen and oxygen atoms in total. The van der Waals surface area contributed by atoms with E-state index >= 15 is 0 Å². The molecule has 0 saturated carbocycles. The van der Waals surface area contributed by atoms with Crippen molar-refractivity contribution in [1.82, 2.24) is 15.0 Å². The van der Waals surface area contributed by atoms with Gasteiger partial charge in [0.05, 0.1) is 23.1 Å². The molecule has 10 rings (SSSR count). The summed E-state index contributed by atoms with van der Waals surface area (Å²) in [6.45, 7) is 0. The van der Waals surface area contributed by atoms with Gasteiger partial charge in [0.1, 0.15) is 0 Å². The third-order valence-corrected chi connectivity index (χ3v) is 12.1. The van der Waals surface area contributed by atoms with Crippen LogP contribution in [-0.4, -0.2) is 26.7 Å². The molecule has 5 heterocycles. The summed E-state index contributed by atoms with van der Waals surface area (Å²) in [5, 5.41) is 0. The Morgan fingerprint density at radius 1 is 0.809 bits per heavy atom. The van der Waals surface area contributed by atoms with Gasteiger partial charge in [0.15, 0.2) is 0 Å². The number of pyridine rings is 3. The minimum absolute atomic E-state index is 0.148. The fourth-order valence-electron chi connectivity index (χ4n) is 8.64. The Labute approximate surface area is 279 Å². The molecule has 0 saturated heterocycles. The predicted molar refractivity (Wildman–Crippen MR) is 192 cm³/mol. The van der Waals surface area contributed by atoms with Crippen LogP contribution in [0.5, 0.6) is 0 Å². The minimum atomic E-state index is 0.148. The molecule has 4 aromatic rings. The summed E-state index contributed by atoms with van der Waals surface area (Å²) in [6.07, 6.45) is 33.1. The van der Waals surface area contributed by atoms with Gasteiger partial charge in [0, 0.05) is 51.8 Å². The number of hydrogen-bond donors (Lipinski definition) is 0. The molecule has 4 unspecified atom stereocenters. The molecule has 0 spiro atoms. The van der Waals surface area contributed by atoms with Crippen LogP contribution in [0.2, 0.25) is 0 Å². The smallest absolute Gasteiger partial charge is 0.0927 e. The minimum Gasteiger partial charge on any atom is -0.276 e. The van der Waals surface area contributed by atoms with E-state index in [2.05, 4.69) is 90.1 Å². The normalized spacial score (nSPS) is 24.8. The lowest BCUT2D eigenvalue weighted by molar-refractivity contribution is 0.681. The fraction of sp³-hybridized carbons (Fsp3) is 0.238. The summed E-state index contributed by atoms with van der Waals surface area (Å²) in [5.41, 5.74) is 15.5. The van der Waals surface area contributed by atoms with Crippen LogP contribution in [0.4, 0.5) is 0 Å². The summed E-state index contributed by atoms with van der Waals surface area (Å²) < 4.78 is 0.